The topological polar surface area (TPSA) is 23.6 Å². The van der Waals surface area contributed by atoms with Gasteiger partial charge in [0.15, 0.2) is 0 Å². The summed E-state index contributed by atoms with van der Waals surface area (Å²) in [5, 5.41) is 0. The van der Waals surface area contributed by atoms with Crippen molar-refractivity contribution in [1.82, 2.24) is 4.90 Å². The monoisotopic (exact) mass is 466 g/mol. The molecule has 5 rings (SSSR count). The second kappa shape index (κ2) is 10.8. The smallest absolute Gasteiger partial charge is 0.258 e. The SMILES string of the molecule is Cc1ccc(N(C(=O)c2ccccc2C)C2CCN([C@@H]3CCCC[C@@H]3c3ccccc3)CC2)cc1. The van der Waals surface area contributed by atoms with E-state index in [0.29, 0.717) is 12.0 Å². The van der Waals surface area contributed by atoms with Gasteiger partial charge in [0.25, 0.3) is 5.91 Å². The van der Waals surface area contributed by atoms with E-state index in [1.54, 1.807) is 0 Å². The molecule has 2 atom stereocenters. The molecule has 3 nitrogen and oxygen atoms in total. The lowest BCUT2D eigenvalue weighted by molar-refractivity contribution is 0.0894. The van der Waals surface area contributed by atoms with Crippen molar-refractivity contribution in [3.8, 4) is 0 Å². The molecule has 1 saturated carbocycles. The van der Waals surface area contributed by atoms with E-state index in [2.05, 4.69) is 71.3 Å². The van der Waals surface area contributed by atoms with Gasteiger partial charge >= 0.3 is 0 Å². The number of anilines is 1. The summed E-state index contributed by atoms with van der Waals surface area (Å²) < 4.78 is 0. The molecule has 0 aromatic heterocycles. The highest BCUT2D eigenvalue weighted by atomic mass is 16.2. The highest BCUT2D eigenvalue weighted by Gasteiger charge is 2.36. The Balaban J connectivity index is 1.36. The van der Waals surface area contributed by atoms with Crippen molar-refractivity contribution in [1.29, 1.82) is 0 Å². The van der Waals surface area contributed by atoms with Gasteiger partial charge in [-0.3, -0.25) is 9.69 Å². The van der Waals surface area contributed by atoms with Crippen molar-refractivity contribution >= 4 is 11.6 Å². The van der Waals surface area contributed by atoms with E-state index in [1.807, 2.05) is 31.2 Å². The summed E-state index contributed by atoms with van der Waals surface area (Å²) in [7, 11) is 0. The molecule has 35 heavy (non-hydrogen) atoms. The molecule has 0 spiro atoms. The number of rotatable bonds is 5. The quantitative estimate of drug-likeness (QED) is 0.399. The minimum absolute atomic E-state index is 0.130. The highest BCUT2D eigenvalue weighted by Crippen LogP contribution is 2.38. The van der Waals surface area contributed by atoms with Crippen molar-refractivity contribution in [2.24, 2.45) is 0 Å². The number of amides is 1. The summed E-state index contributed by atoms with van der Waals surface area (Å²) in [4.78, 5) is 18.7. The minimum Gasteiger partial charge on any atom is -0.305 e. The molecule has 3 aromatic carbocycles. The fraction of sp³-hybridized carbons (Fsp3) is 0.406. The number of hydrogen-bond acceptors (Lipinski definition) is 2. The fourth-order valence-electron chi connectivity index (χ4n) is 6.25. The van der Waals surface area contributed by atoms with Crippen LogP contribution >= 0.6 is 0 Å². The van der Waals surface area contributed by atoms with Crippen LogP contribution in [0.15, 0.2) is 78.9 Å². The van der Waals surface area contributed by atoms with Gasteiger partial charge in [0.2, 0.25) is 0 Å². The molecule has 2 fully saturated rings. The zero-order chi connectivity index (χ0) is 24.2. The number of carbonyl (C=O) groups excluding carboxylic acids is 1. The van der Waals surface area contributed by atoms with Gasteiger partial charge in [0.05, 0.1) is 0 Å². The molecule has 1 saturated heterocycles. The Kier molecular flexibility index (Phi) is 7.34. The standard InChI is InChI=1S/C32H38N2O/c1-24-16-18-27(19-17-24)34(32(35)29-13-7-6-10-25(29)2)28-20-22-33(23-21-28)31-15-9-8-14-30(31)26-11-4-3-5-12-26/h3-7,10-13,16-19,28,30-31H,8-9,14-15,20-23H2,1-2H3/t30-,31-/m1/s1. The molecular weight excluding hydrogens is 428 g/mol. The number of hydrogen-bond donors (Lipinski definition) is 0. The molecule has 3 aromatic rings. The van der Waals surface area contributed by atoms with E-state index >= 15 is 0 Å². The third-order valence-electron chi connectivity index (χ3n) is 8.20. The van der Waals surface area contributed by atoms with Crippen LogP contribution in [0, 0.1) is 13.8 Å². The summed E-state index contributed by atoms with van der Waals surface area (Å²) in [6.45, 7) is 6.25. The predicted octanol–water partition coefficient (Wildman–Crippen LogP) is 7.14. The van der Waals surface area contributed by atoms with Crippen molar-refractivity contribution in [3.05, 3.63) is 101 Å². The normalized spacial score (nSPS) is 21.5. The molecule has 1 aliphatic heterocycles. The summed E-state index contributed by atoms with van der Waals surface area (Å²) in [6.07, 6.45) is 7.27. The zero-order valence-corrected chi connectivity index (χ0v) is 21.2. The van der Waals surface area contributed by atoms with Crippen LogP contribution in [0.5, 0.6) is 0 Å². The average molecular weight is 467 g/mol. The Morgan fingerprint density at radius 3 is 2.14 bits per heavy atom. The lowest BCUT2D eigenvalue weighted by Gasteiger charge is -2.45. The summed E-state index contributed by atoms with van der Waals surface area (Å²) in [5.74, 6) is 0.758. The Morgan fingerprint density at radius 1 is 0.771 bits per heavy atom. The lowest BCUT2D eigenvalue weighted by atomic mass is 9.78. The van der Waals surface area contributed by atoms with Crippen LogP contribution in [0.3, 0.4) is 0 Å². The van der Waals surface area contributed by atoms with Crippen LogP contribution in [-0.2, 0) is 0 Å². The van der Waals surface area contributed by atoms with Gasteiger partial charge in [-0.15, -0.1) is 0 Å². The van der Waals surface area contributed by atoms with E-state index in [4.69, 9.17) is 0 Å². The van der Waals surface area contributed by atoms with E-state index < -0.39 is 0 Å². The van der Waals surface area contributed by atoms with Crippen molar-refractivity contribution in [2.45, 2.75) is 70.4 Å². The lowest BCUT2D eigenvalue weighted by Crippen LogP contribution is -2.51. The van der Waals surface area contributed by atoms with E-state index in [1.165, 1.54) is 36.8 Å². The predicted molar refractivity (Wildman–Crippen MR) is 145 cm³/mol. The maximum absolute atomic E-state index is 13.9. The Hall–Kier alpha value is -2.91. The minimum atomic E-state index is 0.130. The van der Waals surface area contributed by atoms with E-state index in [0.717, 1.165) is 42.7 Å². The van der Waals surface area contributed by atoms with Gasteiger partial charge < -0.3 is 4.90 Å². The van der Waals surface area contributed by atoms with Gasteiger partial charge in [0, 0.05) is 36.4 Å². The maximum Gasteiger partial charge on any atom is 0.258 e. The summed E-state index contributed by atoms with van der Waals surface area (Å²) >= 11 is 0. The van der Waals surface area contributed by atoms with Crippen LogP contribution in [-0.4, -0.2) is 36.0 Å². The first-order valence-corrected chi connectivity index (χ1v) is 13.4. The number of benzene rings is 3. The van der Waals surface area contributed by atoms with Crippen molar-refractivity contribution in [2.75, 3.05) is 18.0 Å². The van der Waals surface area contributed by atoms with Crippen molar-refractivity contribution in [3.63, 3.8) is 0 Å². The largest absolute Gasteiger partial charge is 0.305 e. The number of nitrogens with zero attached hydrogens (tertiary/aromatic N) is 2. The molecule has 0 unspecified atom stereocenters. The third-order valence-corrected chi connectivity index (χ3v) is 8.20. The van der Waals surface area contributed by atoms with Gasteiger partial charge in [-0.2, -0.15) is 0 Å². The molecule has 1 aliphatic carbocycles. The maximum atomic E-state index is 13.9. The van der Waals surface area contributed by atoms with Gasteiger partial charge in [0.1, 0.15) is 0 Å². The van der Waals surface area contributed by atoms with Gasteiger partial charge in [-0.05, 0) is 74.8 Å². The van der Waals surface area contributed by atoms with Crippen LogP contribution in [0.2, 0.25) is 0 Å². The molecular formula is C32H38N2O. The van der Waals surface area contributed by atoms with E-state index in [-0.39, 0.29) is 11.9 Å². The molecule has 2 aliphatic rings. The average Bonchev–Trinajstić information content (AvgIpc) is 2.91. The first-order valence-electron chi connectivity index (χ1n) is 13.4. The van der Waals surface area contributed by atoms with E-state index in [9.17, 15) is 4.79 Å². The van der Waals surface area contributed by atoms with Crippen LogP contribution < -0.4 is 4.90 Å². The first kappa shape index (κ1) is 23.8. The molecule has 0 radical (unpaired) electrons. The van der Waals surface area contributed by atoms with Crippen LogP contribution in [0.1, 0.15) is 71.5 Å². The zero-order valence-electron chi connectivity index (χ0n) is 21.2. The van der Waals surface area contributed by atoms with Crippen molar-refractivity contribution < 1.29 is 4.79 Å². The Morgan fingerprint density at radius 2 is 1.43 bits per heavy atom. The molecule has 1 amide bonds. The molecule has 0 bridgehead atoms. The second-order valence-corrected chi connectivity index (χ2v) is 10.5. The number of likely N-dealkylation sites (tertiary alicyclic amines) is 1. The molecule has 182 valence electrons. The van der Waals surface area contributed by atoms with Crippen LogP contribution in [0.25, 0.3) is 0 Å². The number of aryl methyl sites for hydroxylation is 2. The number of carbonyl (C=O) groups is 1. The fourth-order valence-corrected chi connectivity index (χ4v) is 6.25. The first-order chi connectivity index (χ1) is 17.1. The van der Waals surface area contributed by atoms with Crippen LogP contribution in [0.4, 0.5) is 5.69 Å². The second-order valence-electron chi connectivity index (χ2n) is 10.5. The number of piperidine rings is 1. The Bertz CT molecular complexity index is 1120. The molecule has 0 N–H and O–H groups in total. The summed E-state index contributed by atoms with van der Waals surface area (Å²) in [5.41, 5.74) is 5.58. The molecule has 3 heteroatoms. The molecule has 1 heterocycles. The Labute approximate surface area is 210 Å². The van der Waals surface area contributed by atoms with Gasteiger partial charge in [-0.25, -0.2) is 0 Å². The summed E-state index contributed by atoms with van der Waals surface area (Å²) in [6, 6.07) is 28.4. The highest BCUT2D eigenvalue weighted by molar-refractivity contribution is 6.07. The third kappa shape index (κ3) is 5.21. The van der Waals surface area contributed by atoms with Gasteiger partial charge in [-0.1, -0.05) is 79.1 Å².